The lowest BCUT2D eigenvalue weighted by molar-refractivity contribution is 0.0998. The Morgan fingerprint density at radius 1 is 1.10 bits per heavy atom. The summed E-state index contributed by atoms with van der Waals surface area (Å²) in [7, 11) is 0. The summed E-state index contributed by atoms with van der Waals surface area (Å²) in [5, 5.41) is 0. The maximum absolute atomic E-state index is 11.4. The molecule has 0 atom stereocenters. The zero-order chi connectivity index (χ0) is 14.5. The molecular weight excluding hydrogens is 256 g/mol. The van der Waals surface area contributed by atoms with Crippen LogP contribution in [0.2, 0.25) is 0 Å². The van der Waals surface area contributed by atoms with Gasteiger partial charge < -0.3 is 20.9 Å². The average Bonchev–Trinajstić information content (AvgIpc) is 2.43. The van der Waals surface area contributed by atoms with Crippen molar-refractivity contribution in [2.45, 2.75) is 6.92 Å². The van der Waals surface area contributed by atoms with Crippen LogP contribution in [0.4, 0.5) is 5.69 Å². The van der Waals surface area contributed by atoms with Crippen molar-refractivity contribution in [3.8, 4) is 17.2 Å². The molecule has 20 heavy (non-hydrogen) atoms. The second-order valence-corrected chi connectivity index (χ2v) is 4.07. The Morgan fingerprint density at radius 2 is 1.80 bits per heavy atom. The summed E-state index contributed by atoms with van der Waals surface area (Å²) >= 11 is 0. The molecule has 5 heteroatoms. The van der Waals surface area contributed by atoms with Crippen molar-refractivity contribution in [2.75, 3.05) is 12.3 Å². The molecule has 104 valence electrons. The van der Waals surface area contributed by atoms with Crippen LogP contribution in [0, 0.1) is 0 Å². The molecule has 0 spiro atoms. The first-order chi connectivity index (χ1) is 9.63. The second-order valence-electron chi connectivity index (χ2n) is 4.07. The molecule has 2 rings (SSSR count). The molecule has 0 aromatic heterocycles. The second kappa shape index (κ2) is 5.97. The van der Waals surface area contributed by atoms with Gasteiger partial charge >= 0.3 is 0 Å². The predicted molar refractivity (Wildman–Crippen MR) is 77.1 cm³/mol. The smallest absolute Gasteiger partial charge is 0.252 e. The van der Waals surface area contributed by atoms with E-state index in [-0.39, 0.29) is 11.3 Å². The third kappa shape index (κ3) is 2.83. The van der Waals surface area contributed by atoms with Gasteiger partial charge in [-0.25, -0.2) is 0 Å². The lowest BCUT2D eigenvalue weighted by Gasteiger charge is -2.14. The standard InChI is InChI=1S/C15H16N2O3/c1-2-19-12-8-3-4-9-13(12)20-14-10(15(17)18)6-5-7-11(14)16/h3-9H,2,16H2,1H3,(H2,17,18). The Labute approximate surface area is 117 Å². The number of hydrogen-bond acceptors (Lipinski definition) is 4. The van der Waals surface area contributed by atoms with E-state index in [9.17, 15) is 4.79 Å². The van der Waals surface area contributed by atoms with Crippen molar-refractivity contribution in [3.63, 3.8) is 0 Å². The number of ether oxygens (including phenoxy) is 2. The quantitative estimate of drug-likeness (QED) is 0.819. The van der Waals surface area contributed by atoms with Gasteiger partial charge in [-0.3, -0.25) is 4.79 Å². The number of carbonyl (C=O) groups is 1. The average molecular weight is 272 g/mol. The molecule has 0 bridgehead atoms. The van der Waals surface area contributed by atoms with Crippen LogP contribution in [-0.4, -0.2) is 12.5 Å². The molecule has 0 aliphatic rings. The number of rotatable bonds is 5. The molecule has 2 aromatic rings. The molecule has 0 saturated heterocycles. The van der Waals surface area contributed by atoms with E-state index < -0.39 is 5.91 Å². The van der Waals surface area contributed by atoms with Crippen molar-refractivity contribution in [1.29, 1.82) is 0 Å². The summed E-state index contributed by atoms with van der Waals surface area (Å²) in [4.78, 5) is 11.4. The highest BCUT2D eigenvalue weighted by atomic mass is 16.5. The number of anilines is 1. The van der Waals surface area contributed by atoms with Crippen molar-refractivity contribution in [1.82, 2.24) is 0 Å². The highest BCUT2D eigenvalue weighted by Gasteiger charge is 2.15. The maximum Gasteiger partial charge on any atom is 0.252 e. The fourth-order valence-corrected chi connectivity index (χ4v) is 1.78. The van der Waals surface area contributed by atoms with Gasteiger partial charge in [0, 0.05) is 0 Å². The Balaban J connectivity index is 2.42. The Bertz CT molecular complexity index is 626. The number of nitrogens with two attached hydrogens (primary N) is 2. The van der Waals surface area contributed by atoms with E-state index in [1.807, 2.05) is 13.0 Å². The molecule has 0 unspecified atom stereocenters. The first-order valence-corrected chi connectivity index (χ1v) is 6.21. The van der Waals surface area contributed by atoms with Gasteiger partial charge in [-0.15, -0.1) is 0 Å². The van der Waals surface area contributed by atoms with Crippen LogP contribution >= 0.6 is 0 Å². The Hall–Kier alpha value is -2.69. The van der Waals surface area contributed by atoms with Gasteiger partial charge in [0.25, 0.3) is 5.91 Å². The van der Waals surface area contributed by atoms with Crippen LogP contribution in [0.5, 0.6) is 17.2 Å². The van der Waals surface area contributed by atoms with E-state index in [1.54, 1.807) is 36.4 Å². The summed E-state index contributed by atoms with van der Waals surface area (Å²) in [6.07, 6.45) is 0. The lowest BCUT2D eigenvalue weighted by atomic mass is 10.1. The topological polar surface area (TPSA) is 87.6 Å². The Kier molecular flexibility index (Phi) is 4.10. The highest BCUT2D eigenvalue weighted by molar-refractivity contribution is 5.97. The number of carbonyl (C=O) groups excluding carboxylic acids is 1. The molecule has 0 aliphatic heterocycles. The van der Waals surface area contributed by atoms with Crippen LogP contribution in [-0.2, 0) is 0 Å². The van der Waals surface area contributed by atoms with E-state index >= 15 is 0 Å². The van der Waals surface area contributed by atoms with E-state index in [4.69, 9.17) is 20.9 Å². The Morgan fingerprint density at radius 3 is 2.45 bits per heavy atom. The van der Waals surface area contributed by atoms with E-state index in [1.165, 1.54) is 0 Å². The van der Waals surface area contributed by atoms with Gasteiger partial charge in [-0.2, -0.15) is 0 Å². The molecule has 5 nitrogen and oxygen atoms in total. The van der Waals surface area contributed by atoms with Gasteiger partial charge in [-0.05, 0) is 31.2 Å². The van der Waals surface area contributed by atoms with Crippen LogP contribution < -0.4 is 20.9 Å². The molecule has 0 fully saturated rings. The summed E-state index contributed by atoms with van der Waals surface area (Å²) < 4.78 is 11.2. The fraction of sp³-hybridized carbons (Fsp3) is 0.133. The minimum Gasteiger partial charge on any atom is -0.490 e. The van der Waals surface area contributed by atoms with Gasteiger partial charge in [0.15, 0.2) is 17.2 Å². The number of primary amides is 1. The zero-order valence-corrected chi connectivity index (χ0v) is 11.1. The number of nitrogen functional groups attached to an aromatic ring is 1. The first kappa shape index (κ1) is 13.7. The minimum atomic E-state index is -0.596. The van der Waals surface area contributed by atoms with Crippen LogP contribution in [0.15, 0.2) is 42.5 Å². The first-order valence-electron chi connectivity index (χ1n) is 6.21. The predicted octanol–water partition coefficient (Wildman–Crippen LogP) is 2.56. The third-order valence-corrected chi connectivity index (χ3v) is 2.67. The fourth-order valence-electron chi connectivity index (χ4n) is 1.78. The number of benzene rings is 2. The van der Waals surface area contributed by atoms with Crippen molar-refractivity contribution < 1.29 is 14.3 Å². The zero-order valence-electron chi connectivity index (χ0n) is 11.1. The summed E-state index contributed by atoms with van der Waals surface area (Å²) in [6, 6.07) is 12.0. The molecule has 4 N–H and O–H groups in total. The van der Waals surface area contributed by atoms with Crippen LogP contribution in [0.25, 0.3) is 0 Å². The van der Waals surface area contributed by atoms with E-state index in [0.717, 1.165) is 0 Å². The third-order valence-electron chi connectivity index (χ3n) is 2.67. The van der Waals surface area contributed by atoms with Crippen LogP contribution in [0.1, 0.15) is 17.3 Å². The largest absolute Gasteiger partial charge is 0.490 e. The number of para-hydroxylation sites is 3. The van der Waals surface area contributed by atoms with Crippen molar-refractivity contribution in [3.05, 3.63) is 48.0 Å². The van der Waals surface area contributed by atoms with Crippen molar-refractivity contribution in [2.24, 2.45) is 5.73 Å². The summed E-state index contributed by atoms with van der Waals surface area (Å²) in [5.74, 6) is 0.705. The normalized spacial score (nSPS) is 10.1. The SMILES string of the molecule is CCOc1ccccc1Oc1c(N)cccc1C(N)=O. The molecule has 1 amide bonds. The number of amides is 1. The highest BCUT2D eigenvalue weighted by Crippen LogP contribution is 2.36. The van der Waals surface area contributed by atoms with Gasteiger partial charge in [0.2, 0.25) is 0 Å². The molecular formula is C15H16N2O3. The van der Waals surface area contributed by atoms with Crippen molar-refractivity contribution >= 4 is 11.6 Å². The van der Waals surface area contributed by atoms with Gasteiger partial charge in [0.05, 0.1) is 17.9 Å². The molecule has 0 saturated carbocycles. The minimum absolute atomic E-state index is 0.233. The van der Waals surface area contributed by atoms with Crippen LogP contribution in [0.3, 0.4) is 0 Å². The van der Waals surface area contributed by atoms with Gasteiger partial charge in [0.1, 0.15) is 0 Å². The summed E-state index contributed by atoms with van der Waals surface area (Å²) in [6.45, 7) is 2.38. The summed E-state index contributed by atoms with van der Waals surface area (Å²) in [5.41, 5.74) is 11.8. The van der Waals surface area contributed by atoms with Gasteiger partial charge in [-0.1, -0.05) is 18.2 Å². The lowest BCUT2D eigenvalue weighted by Crippen LogP contribution is -2.13. The molecule has 0 heterocycles. The molecule has 0 aliphatic carbocycles. The molecule has 2 aromatic carbocycles. The van der Waals surface area contributed by atoms with E-state index in [2.05, 4.69) is 0 Å². The maximum atomic E-state index is 11.4. The molecule has 0 radical (unpaired) electrons. The monoisotopic (exact) mass is 272 g/mol. The number of hydrogen-bond donors (Lipinski definition) is 2. The van der Waals surface area contributed by atoms with E-state index in [0.29, 0.717) is 23.8 Å².